The van der Waals surface area contributed by atoms with Crippen LogP contribution < -0.4 is 0 Å². The van der Waals surface area contributed by atoms with Gasteiger partial charge in [-0.15, -0.1) is 0 Å². The zero-order valence-electron chi connectivity index (χ0n) is 15.2. The van der Waals surface area contributed by atoms with E-state index >= 15 is 0 Å². The topological polar surface area (TPSA) is 17.1 Å². The molecular formula is C24H26O. The van der Waals surface area contributed by atoms with Crippen LogP contribution in [0.3, 0.4) is 0 Å². The van der Waals surface area contributed by atoms with Crippen molar-refractivity contribution in [2.24, 2.45) is 0 Å². The first-order chi connectivity index (χ1) is 12.3. The van der Waals surface area contributed by atoms with Crippen LogP contribution in [-0.4, -0.2) is 5.78 Å². The summed E-state index contributed by atoms with van der Waals surface area (Å²) in [4.78, 5) is 13.5. The van der Waals surface area contributed by atoms with E-state index in [9.17, 15) is 4.79 Å². The Bertz CT molecular complexity index is 874. The van der Waals surface area contributed by atoms with Gasteiger partial charge in [0.05, 0.1) is 0 Å². The van der Waals surface area contributed by atoms with Crippen molar-refractivity contribution in [2.75, 3.05) is 0 Å². The summed E-state index contributed by atoms with van der Waals surface area (Å²) < 4.78 is 0. The molecule has 25 heavy (non-hydrogen) atoms. The van der Waals surface area contributed by atoms with E-state index in [0.717, 1.165) is 30.4 Å². The van der Waals surface area contributed by atoms with E-state index in [2.05, 4.69) is 31.2 Å². The molecule has 5 rings (SSSR count). The van der Waals surface area contributed by atoms with E-state index in [1.54, 1.807) is 0 Å². The highest BCUT2D eigenvalue weighted by Gasteiger charge is 2.35. The summed E-state index contributed by atoms with van der Waals surface area (Å²) in [6.45, 7) is 2.27. The quantitative estimate of drug-likeness (QED) is 0.563. The van der Waals surface area contributed by atoms with Crippen LogP contribution >= 0.6 is 0 Å². The average molecular weight is 330 g/mol. The molecule has 2 aromatic rings. The second-order valence-corrected chi connectivity index (χ2v) is 8.10. The first-order valence-electron chi connectivity index (χ1n) is 10.1. The van der Waals surface area contributed by atoms with Gasteiger partial charge in [-0.25, -0.2) is 0 Å². The van der Waals surface area contributed by atoms with Crippen LogP contribution in [0.1, 0.15) is 89.5 Å². The van der Waals surface area contributed by atoms with Gasteiger partial charge in [0.2, 0.25) is 0 Å². The molecule has 0 saturated heterocycles. The highest BCUT2D eigenvalue weighted by atomic mass is 16.1. The van der Waals surface area contributed by atoms with Crippen molar-refractivity contribution >= 4 is 5.78 Å². The van der Waals surface area contributed by atoms with Gasteiger partial charge in [0, 0.05) is 11.1 Å². The molecule has 0 heterocycles. The van der Waals surface area contributed by atoms with Crippen LogP contribution in [0.4, 0.5) is 0 Å². The van der Waals surface area contributed by atoms with Gasteiger partial charge in [-0.1, -0.05) is 37.6 Å². The minimum atomic E-state index is 0.331. The van der Waals surface area contributed by atoms with Crippen molar-refractivity contribution < 1.29 is 4.79 Å². The maximum absolute atomic E-state index is 13.5. The van der Waals surface area contributed by atoms with Crippen molar-refractivity contribution in [3.8, 4) is 11.1 Å². The Kier molecular flexibility index (Phi) is 3.58. The molecule has 3 aliphatic rings. The maximum atomic E-state index is 13.5. The summed E-state index contributed by atoms with van der Waals surface area (Å²) in [5.74, 6) is 0.988. The lowest BCUT2D eigenvalue weighted by Gasteiger charge is -2.27. The standard InChI is InChI=1S/C24H26O/c1-2-6-15-8-5-10-19-17(15)13-14-21-20-12-11-16-7-3-4-9-18(16)22(20)24(25)23(19)21/h11-15H,2-10H2,1H3. The molecule has 1 heteroatoms. The molecule has 1 unspecified atom stereocenters. The van der Waals surface area contributed by atoms with E-state index in [1.807, 2.05) is 0 Å². The molecule has 0 bridgehead atoms. The van der Waals surface area contributed by atoms with Crippen molar-refractivity contribution in [3.63, 3.8) is 0 Å². The molecule has 0 radical (unpaired) electrons. The van der Waals surface area contributed by atoms with Crippen LogP contribution in [0.5, 0.6) is 0 Å². The summed E-state index contributed by atoms with van der Waals surface area (Å²) in [6, 6.07) is 9.10. The molecule has 1 atom stereocenters. The number of rotatable bonds is 2. The van der Waals surface area contributed by atoms with Gasteiger partial charge in [0.15, 0.2) is 5.78 Å². The van der Waals surface area contributed by atoms with Gasteiger partial charge >= 0.3 is 0 Å². The first-order valence-corrected chi connectivity index (χ1v) is 10.1. The second-order valence-electron chi connectivity index (χ2n) is 8.10. The molecule has 0 saturated carbocycles. The number of carbonyl (C=O) groups excluding carboxylic acids is 1. The molecule has 0 amide bonds. The van der Waals surface area contributed by atoms with Crippen molar-refractivity contribution in [1.29, 1.82) is 0 Å². The Morgan fingerprint density at radius 2 is 1.60 bits per heavy atom. The number of fused-ring (bicyclic) bond motifs is 7. The summed E-state index contributed by atoms with van der Waals surface area (Å²) in [6.07, 6.45) is 10.8. The molecule has 0 fully saturated rings. The molecule has 0 N–H and O–H groups in total. The van der Waals surface area contributed by atoms with E-state index < -0.39 is 0 Å². The third kappa shape index (κ3) is 2.18. The molecule has 2 aromatic carbocycles. The van der Waals surface area contributed by atoms with Crippen LogP contribution in [0.25, 0.3) is 11.1 Å². The minimum Gasteiger partial charge on any atom is -0.289 e. The number of benzene rings is 2. The zero-order valence-corrected chi connectivity index (χ0v) is 15.2. The highest BCUT2D eigenvalue weighted by molar-refractivity contribution is 6.23. The first kappa shape index (κ1) is 15.4. The van der Waals surface area contributed by atoms with Crippen LogP contribution in [-0.2, 0) is 19.3 Å². The lowest BCUT2D eigenvalue weighted by atomic mass is 9.77. The third-order valence-corrected chi connectivity index (χ3v) is 6.68. The van der Waals surface area contributed by atoms with Gasteiger partial charge in [-0.2, -0.15) is 0 Å². The number of hydrogen-bond acceptors (Lipinski definition) is 1. The Morgan fingerprint density at radius 3 is 2.44 bits per heavy atom. The van der Waals surface area contributed by atoms with E-state index in [-0.39, 0.29) is 0 Å². The maximum Gasteiger partial charge on any atom is 0.194 e. The Labute approximate surface area is 150 Å². The van der Waals surface area contributed by atoms with E-state index in [1.165, 1.54) is 71.9 Å². The number of carbonyl (C=O) groups is 1. The van der Waals surface area contributed by atoms with Gasteiger partial charge in [-0.3, -0.25) is 4.79 Å². The van der Waals surface area contributed by atoms with E-state index in [4.69, 9.17) is 0 Å². The highest BCUT2D eigenvalue weighted by Crippen LogP contribution is 2.46. The number of aryl methyl sites for hydroxylation is 1. The lowest BCUT2D eigenvalue weighted by Crippen LogP contribution is -2.14. The van der Waals surface area contributed by atoms with E-state index in [0.29, 0.717) is 11.7 Å². The Morgan fingerprint density at radius 1 is 0.880 bits per heavy atom. The van der Waals surface area contributed by atoms with Gasteiger partial charge in [0.25, 0.3) is 0 Å². The molecule has 0 aliphatic heterocycles. The van der Waals surface area contributed by atoms with Crippen LogP contribution in [0.2, 0.25) is 0 Å². The minimum absolute atomic E-state index is 0.331. The summed E-state index contributed by atoms with van der Waals surface area (Å²) in [5, 5.41) is 0. The fourth-order valence-electron chi connectivity index (χ4n) is 5.57. The van der Waals surface area contributed by atoms with Gasteiger partial charge in [-0.05, 0) is 90.7 Å². The van der Waals surface area contributed by atoms with Crippen LogP contribution in [0, 0.1) is 0 Å². The average Bonchev–Trinajstić information content (AvgIpc) is 2.95. The normalized spacial score (nSPS) is 20.7. The monoisotopic (exact) mass is 330 g/mol. The molecule has 3 aliphatic carbocycles. The van der Waals surface area contributed by atoms with Gasteiger partial charge < -0.3 is 0 Å². The number of ketones is 1. The molecule has 0 spiro atoms. The third-order valence-electron chi connectivity index (χ3n) is 6.68. The summed E-state index contributed by atoms with van der Waals surface area (Å²) in [7, 11) is 0. The predicted molar refractivity (Wildman–Crippen MR) is 103 cm³/mol. The van der Waals surface area contributed by atoms with Gasteiger partial charge in [0.1, 0.15) is 0 Å². The molecule has 128 valence electrons. The SMILES string of the molecule is CCCC1CCCc2c1ccc1c2C(=O)c2c-1ccc1c2CCCC1. The molecule has 0 aromatic heterocycles. The smallest absolute Gasteiger partial charge is 0.194 e. The second kappa shape index (κ2) is 5.83. The van der Waals surface area contributed by atoms with Crippen molar-refractivity contribution in [3.05, 3.63) is 57.6 Å². The predicted octanol–water partition coefficient (Wildman–Crippen LogP) is 6.00. The summed E-state index contributed by atoms with van der Waals surface area (Å²) >= 11 is 0. The largest absolute Gasteiger partial charge is 0.289 e. The Hall–Kier alpha value is -1.89. The van der Waals surface area contributed by atoms with Crippen LogP contribution in [0.15, 0.2) is 24.3 Å². The Balaban J connectivity index is 1.70. The molecule has 1 nitrogen and oxygen atoms in total. The number of hydrogen-bond donors (Lipinski definition) is 0. The van der Waals surface area contributed by atoms with Crippen molar-refractivity contribution in [1.82, 2.24) is 0 Å². The lowest BCUT2D eigenvalue weighted by molar-refractivity contribution is 0.104. The van der Waals surface area contributed by atoms with Crippen molar-refractivity contribution in [2.45, 2.75) is 70.6 Å². The fourth-order valence-corrected chi connectivity index (χ4v) is 5.57. The fraction of sp³-hybridized carbons (Fsp3) is 0.458. The molecular weight excluding hydrogens is 304 g/mol. The summed E-state index contributed by atoms with van der Waals surface area (Å²) in [5.41, 5.74) is 10.2. The zero-order chi connectivity index (χ0) is 17.0.